The monoisotopic (exact) mass is 320 g/mol. The van der Waals surface area contributed by atoms with Crippen LogP contribution in [0.1, 0.15) is 11.1 Å². The molecule has 98 valence electrons. The number of oxime groups is 1. The van der Waals surface area contributed by atoms with E-state index in [0.717, 1.165) is 10.0 Å². The fraction of sp³-hybridized carbons (Fsp3) is 0.0714. The summed E-state index contributed by atoms with van der Waals surface area (Å²) in [5.74, 6) is 0.772. The Morgan fingerprint density at radius 2 is 1.95 bits per heavy atom. The van der Waals surface area contributed by atoms with Crippen molar-refractivity contribution in [3.8, 4) is 5.75 Å². The van der Waals surface area contributed by atoms with Crippen molar-refractivity contribution < 1.29 is 9.94 Å². The minimum atomic E-state index is 0.0651. The molecular formula is C14H13BrN2O2. The van der Waals surface area contributed by atoms with E-state index in [0.29, 0.717) is 17.9 Å². The Morgan fingerprint density at radius 3 is 2.58 bits per heavy atom. The van der Waals surface area contributed by atoms with E-state index >= 15 is 0 Å². The Bertz CT molecular complexity index is 585. The van der Waals surface area contributed by atoms with Crippen molar-refractivity contribution in [2.45, 2.75) is 6.61 Å². The third-order valence-corrected chi connectivity index (χ3v) is 3.19. The summed E-state index contributed by atoms with van der Waals surface area (Å²) in [6.45, 7) is 0.488. The molecule has 0 radical (unpaired) electrons. The van der Waals surface area contributed by atoms with E-state index in [1.165, 1.54) is 0 Å². The molecule has 0 saturated carbocycles. The smallest absolute Gasteiger partial charge is 0.170 e. The lowest BCUT2D eigenvalue weighted by atomic mass is 10.2. The molecule has 0 spiro atoms. The normalized spacial score (nSPS) is 11.3. The van der Waals surface area contributed by atoms with Crippen molar-refractivity contribution >= 4 is 21.8 Å². The molecule has 0 amide bonds. The average Bonchev–Trinajstić information content (AvgIpc) is 2.46. The van der Waals surface area contributed by atoms with Crippen molar-refractivity contribution in [1.29, 1.82) is 0 Å². The first-order valence-electron chi connectivity index (χ1n) is 5.65. The fourth-order valence-electron chi connectivity index (χ4n) is 1.57. The van der Waals surface area contributed by atoms with E-state index in [-0.39, 0.29) is 5.84 Å². The van der Waals surface area contributed by atoms with Gasteiger partial charge >= 0.3 is 0 Å². The van der Waals surface area contributed by atoms with Crippen LogP contribution in [0.2, 0.25) is 0 Å². The summed E-state index contributed by atoms with van der Waals surface area (Å²) in [6, 6.07) is 15.2. The van der Waals surface area contributed by atoms with Crippen LogP contribution < -0.4 is 10.5 Å². The van der Waals surface area contributed by atoms with Crippen LogP contribution in [0.15, 0.2) is 58.2 Å². The van der Waals surface area contributed by atoms with Gasteiger partial charge in [-0.05, 0) is 39.7 Å². The van der Waals surface area contributed by atoms with Crippen LogP contribution in [-0.4, -0.2) is 11.0 Å². The van der Waals surface area contributed by atoms with E-state index < -0.39 is 0 Å². The Morgan fingerprint density at radius 1 is 1.21 bits per heavy atom. The van der Waals surface area contributed by atoms with Gasteiger partial charge in [0, 0.05) is 5.56 Å². The molecule has 0 aliphatic rings. The molecule has 0 aliphatic carbocycles. The first-order chi connectivity index (χ1) is 9.20. The highest BCUT2D eigenvalue weighted by atomic mass is 79.9. The molecular weight excluding hydrogens is 308 g/mol. The van der Waals surface area contributed by atoms with Gasteiger partial charge in [0.1, 0.15) is 12.4 Å². The summed E-state index contributed by atoms with van der Waals surface area (Å²) in [4.78, 5) is 0. The van der Waals surface area contributed by atoms with E-state index in [2.05, 4.69) is 21.1 Å². The SMILES string of the molecule is N/C(=N/O)c1ccc(OCc2ccccc2)c(Br)c1. The highest BCUT2D eigenvalue weighted by Gasteiger charge is 2.06. The van der Waals surface area contributed by atoms with Gasteiger partial charge in [0.25, 0.3) is 0 Å². The number of rotatable bonds is 4. The number of ether oxygens (including phenoxy) is 1. The average molecular weight is 321 g/mol. The predicted molar refractivity (Wildman–Crippen MR) is 77.4 cm³/mol. The second-order valence-electron chi connectivity index (χ2n) is 3.90. The molecule has 0 aromatic heterocycles. The quantitative estimate of drug-likeness (QED) is 0.393. The van der Waals surface area contributed by atoms with Gasteiger partial charge < -0.3 is 15.7 Å². The summed E-state index contributed by atoms with van der Waals surface area (Å²) in [5.41, 5.74) is 7.24. The Kier molecular flexibility index (Phi) is 4.41. The summed E-state index contributed by atoms with van der Waals surface area (Å²) >= 11 is 3.40. The van der Waals surface area contributed by atoms with Crippen molar-refractivity contribution in [3.05, 3.63) is 64.1 Å². The number of amidine groups is 1. The third kappa shape index (κ3) is 3.48. The van der Waals surface area contributed by atoms with Gasteiger partial charge in [-0.1, -0.05) is 35.5 Å². The lowest BCUT2D eigenvalue weighted by Crippen LogP contribution is -2.12. The third-order valence-electron chi connectivity index (χ3n) is 2.57. The molecule has 19 heavy (non-hydrogen) atoms. The maximum Gasteiger partial charge on any atom is 0.170 e. The van der Waals surface area contributed by atoms with E-state index in [1.54, 1.807) is 18.2 Å². The molecule has 0 fully saturated rings. The zero-order chi connectivity index (χ0) is 13.7. The van der Waals surface area contributed by atoms with Crippen molar-refractivity contribution in [3.63, 3.8) is 0 Å². The minimum absolute atomic E-state index is 0.0651. The lowest BCUT2D eigenvalue weighted by molar-refractivity contribution is 0.304. The fourth-order valence-corrected chi connectivity index (χ4v) is 2.06. The molecule has 2 aromatic rings. The highest BCUT2D eigenvalue weighted by Crippen LogP contribution is 2.26. The molecule has 0 bridgehead atoms. The van der Waals surface area contributed by atoms with Crippen molar-refractivity contribution in [2.24, 2.45) is 10.9 Å². The van der Waals surface area contributed by atoms with E-state index in [1.807, 2.05) is 30.3 Å². The summed E-state index contributed by atoms with van der Waals surface area (Å²) in [7, 11) is 0. The first-order valence-corrected chi connectivity index (χ1v) is 6.44. The van der Waals surface area contributed by atoms with Crippen molar-refractivity contribution in [2.75, 3.05) is 0 Å². The number of hydrogen-bond donors (Lipinski definition) is 2. The highest BCUT2D eigenvalue weighted by molar-refractivity contribution is 9.10. The maximum atomic E-state index is 8.62. The van der Waals surface area contributed by atoms with Gasteiger partial charge in [0.05, 0.1) is 4.47 Å². The minimum Gasteiger partial charge on any atom is -0.488 e. The standard InChI is InChI=1S/C14H13BrN2O2/c15-12-8-11(14(16)17-18)6-7-13(12)19-9-10-4-2-1-3-5-10/h1-8,18H,9H2,(H2,16,17). The van der Waals surface area contributed by atoms with E-state index in [9.17, 15) is 0 Å². The van der Waals surface area contributed by atoms with Crippen LogP contribution in [0.5, 0.6) is 5.75 Å². The van der Waals surface area contributed by atoms with Crippen LogP contribution in [0.4, 0.5) is 0 Å². The van der Waals surface area contributed by atoms with Gasteiger partial charge in [-0.25, -0.2) is 0 Å². The molecule has 0 saturated heterocycles. The largest absolute Gasteiger partial charge is 0.488 e. The molecule has 0 heterocycles. The number of hydrogen-bond acceptors (Lipinski definition) is 3. The Balaban J connectivity index is 2.10. The second-order valence-corrected chi connectivity index (χ2v) is 4.76. The predicted octanol–water partition coefficient (Wildman–Crippen LogP) is 3.12. The van der Waals surface area contributed by atoms with Crippen molar-refractivity contribution in [1.82, 2.24) is 0 Å². The van der Waals surface area contributed by atoms with E-state index in [4.69, 9.17) is 15.7 Å². The molecule has 3 N–H and O–H groups in total. The zero-order valence-corrected chi connectivity index (χ0v) is 11.7. The van der Waals surface area contributed by atoms with Gasteiger partial charge in [-0.3, -0.25) is 0 Å². The summed E-state index contributed by atoms with van der Waals surface area (Å²) in [6.07, 6.45) is 0. The number of halogens is 1. The zero-order valence-electron chi connectivity index (χ0n) is 10.1. The van der Waals surface area contributed by atoms with Crippen LogP contribution in [0.25, 0.3) is 0 Å². The Labute approximate surface area is 119 Å². The lowest BCUT2D eigenvalue weighted by Gasteiger charge is -2.09. The topological polar surface area (TPSA) is 67.8 Å². The molecule has 2 aromatic carbocycles. The Hall–Kier alpha value is -2.01. The van der Waals surface area contributed by atoms with Crippen LogP contribution in [0, 0.1) is 0 Å². The van der Waals surface area contributed by atoms with Gasteiger partial charge in [0.2, 0.25) is 0 Å². The molecule has 0 unspecified atom stereocenters. The molecule has 2 rings (SSSR count). The van der Waals surface area contributed by atoms with Crippen LogP contribution in [0.3, 0.4) is 0 Å². The number of benzene rings is 2. The molecule has 0 atom stereocenters. The van der Waals surface area contributed by atoms with Crippen LogP contribution >= 0.6 is 15.9 Å². The summed E-state index contributed by atoms with van der Waals surface area (Å²) in [5, 5.41) is 11.6. The number of nitrogens with zero attached hydrogens (tertiary/aromatic N) is 1. The molecule has 4 nitrogen and oxygen atoms in total. The maximum absolute atomic E-state index is 8.62. The molecule has 0 aliphatic heterocycles. The molecule has 5 heteroatoms. The number of nitrogens with two attached hydrogens (primary N) is 1. The van der Waals surface area contributed by atoms with Gasteiger partial charge in [0.15, 0.2) is 5.84 Å². The van der Waals surface area contributed by atoms with Crippen LogP contribution in [-0.2, 0) is 6.61 Å². The van der Waals surface area contributed by atoms with Gasteiger partial charge in [-0.2, -0.15) is 0 Å². The first kappa shape index (κ1) is 13.4. The second kappa shape index (κ2) is 6.24. The summed E-state index contributed by atoms with van der Waals surface area (Å²) < 4.78 is 6.46. The van der Waals surface area contributed by atoms with Gasteiger partial charge in [-0.15, -0.1) is 0 Å².